The average Bonchev–Trinajstić information content (AvgIpc) is 2.98. The molecule has 0 unspecified atom stereocenters. The van der Waals surface area contributed by atoms with Gasteiger partial charge in [-0.2, -0.15) is 0 Å². The number of hydrogen-bond acceptors (Lipinski definition) is 8. The molecular weight excluding hydrogens is 379 g/mol. The summed E-state index contributed by atoms with van der Waals surface area (Å²) in [5.41, 5.74) is 0.183. The second-order valence-electron chi connectivity index (χ2n) is 4.55. The Morgan fingerprint density at radius 2 is 1.83 bits per heavy atom. The maximum Gasteiger partial charge on any atom is 0.315 e. The van der Waals surface area contributed by atoms with E-state index in [1.807, 2.05) is 0 Å². The Labute approximate surface area is 148 Å². The number of phenols is 2. The predicted molar refractivity (Wildman–Crippen MR) is 88.6 cm³/mol. The summed E-state index contributed by atoms with van der Waals surface area (Å²) in [4.78, 5) is 14.5. The van der Waals surface area contributed by atoms with Gasteiger partial charge < -0.3 is 10.2 Å². The largest absolute Gasteiger partial charge is 0.504 e. The van der Waals surface area contributed by atoms with Gasteiger partial charge in [-0.15, -0.1) is 5.10 Å². The first-order chi connectivity index (χ1) is 11.4. The van der Waals surface area contributed by atoms with E-state index in [2.05, 4.69) is 14.6 Å². The van der Waals surface area contributed by atoms with Crippen LogP contribution in [0.25, 0.3) is 21.7 Å². The summed E-state index contributed by atoms with van der Waals surface area (Å²) in [6, 6.07) is 2.23. The van der Waals surface area contributed by atoms with Crippen LogP contribution < -0.4 is 0 Å². The van der Waals surface area contributed by atoms with Crippen LogP contribution in [0, 0.1) is 10.1 Å². The van der Waals surface area contributed by atoms with E-state index in [1.165, 1.54) is 12.4 Å². The summed E-state index contributed by atoms with van der Waals surface area (Å²) in [5, 5.41) is 34.8. The van der Waals surface area contributed by atoms with Crippen LogP contribution >= 0.6 is 34.7 Å². The molecule has 2 aromatic heterocycles. The molecule has 0 aliphatic rings. The lowest BCUT2D eigenvalue weighted by Crippen LogP contribution is -1.91. The Kier molecular flexibility index (Phi) is 4.22. The van der Waals surface area contributed by atoms with Crippen LogP contribution in [0.2, 0.25) is 10.0 Å². The number of rotatable bonds is 3. The number of aromatic hydroxyl groups is 2. The summed E-state index contributed by atoms with van der Waals surface area (Å²) in [5.74, 6) is -1.47. The number of pyridine rings is 1. The van der Waals surface area contributed by atoms with Gasteiger partial charge in [-0.25, -0.2) is 0 Å². The van der Waals surface area contributed by atoms with Crippen molar-refractivity contribution in [3.63, 3.8) is 0 Å². The van der Waals surface area contributed by atoms with Crippen molar-refractivity contribution >= 4 is 40.4 Å². The van der Waals surface area contributed by atoms with Crippen molar-refractivity contribution in [3.05, 3.63) is 44.7 Å². The number of aromatic nitrogens is 3. The summed E-state index contributed by atoms with van der Waals surface area (Å²) in [7, 11) is 0. The van der Waals surface area contributed by atoms with Crippen molar-refractivity contribution < 1.29 is 15.1 Å². The number of nitrogens with zero attached hydrogens (tertiary/aromatic N) is 4. The minimum absolute atomic E-state index is 0.185. The van der Waals surface area contributed by atoms with Gasteiger partial charge >= 0.3 is 5.69 Å². The number of benzene rings is 1. The molecule has 0 aliphatic heterocycles. The molecule has 0 spiro atoms. The molecular formula is C13H6Cl2N4O4S. The van der Waals surface area contributed by atoms with E-state index in [-0.39, 0.29) is 21.3 Å². The van der Waals surface area contributed by atoms with Crippen LogP contribution in [0.5, 0.6) is 11.5 Å². The molecule has 3 aromatic rings. The first-order valence-electron chi connectivity index (χ1n) is 6.22. The maximum atomic E-state index is 11.0. The second-order valence-corrected chi connectivity index (χ2v) is 6.12. The molecule has 2 N–H and O–H groups in total. The summed E-state index contributed by atoms with van der Waals surface area (Å²) in [6.07, 6.45) is 2.78. The van der Waals surface area contributed by atoms with Crippen molar-refractivity contribution in [2.45, 2.75) is 0 Å². The molecule has 3 rings (SSSR count). The standard InChI is InChI=1S/C13H6Cl2N4O4S/c14-6-3-16-4-7(15)10(6)13-11(17-18-24-13)5-1-8(19(22)23)12(21)9(20)2-5/h1-4,20-21H. The fourth-order valence-corrected chi connectivity index (χ4v) is 3.48. The maximum absolute atomic E-state index is 11.0. The molecule has 11 heteroatoms. The Bertz CT molecular complexity index is 943. The van der Waals surface area contributed by atoms with Crippen LogP contribution in [0.3, 0.4) is 0 Å². The van der Waals surface area contributed by atoms with E-state index in [0.29, 0.717) is 10.4 Å². The van der Waals surface area contributed by atoms with Crippen molar-refractivity contribution in [1.29, 1.82) is 0 Å². The number of halogens is 2. The predicted octanol–water partition coefficient (Wildman–Crippen LogP) is 3.89. The second kappa shape index (κ2) is 6.19. The third kappa shape index (κ3) is 2.73. The van der Waals surface area contributed by atoms with E-state index in [0.717, 1.165) is 23.7 Å². The van der Waals surface area contributed by atoms with Crippen LogP contribution in [0.15, 0.2) is 24.5 Å². The van der Waals surface area contributed by atoms with Crippen LogP contribution in [-0.2, 0) is 0 Å². The molecule has 24 heavy (non-hydrogen) atoms. The quantitative estimate of drug-likeness (QED) is 0.398. The number of phenolic OH excluding ortho intramolecular Hbond substituents is 2. The average molecular weight is 385 g/mol. The summed E-state index contributed by atoms with van der Waals surface area (Å²) in [6.45, 7) is 0. The zero-order chi connectivity index (χ0) is 17.4. The molecule has 0 saturated carbocycles. The third-order valence-electron chi connectivity index (χ3n) is 3.11. The van der Waals surface area contributed by atoms with Crippen LogP contribution in [-0.4, -0.2) is 29.7 Å². The molecule has 0 radical (unpaired) electrons. The van der Waals surface area contributed by atoms with Crippen LogP contribution in [0.1, 0.15) is 0 Å². The Balaban J connectivity index is 2.24. The minimum atomic E-state index is -0.825. The van der Waals surface area contributed by atoms with Gasteiger partial charge in [0.25, 0.3) is 0 Å². The molecule has 0 aliphatic carbocycles. The van der Waals surface area contributed by atoms with Crippen LogP contribution in [0.4, 0.5) is 5.69 Å². The summed E-state index contributed by atoms with van der Waals surface area (Å²) >= 11 is 13.2. The topological polar surface area (TPSA) is 122 Å². The number of nitro benzene ring substituents is 1. The lowest BCUT2D eigenvalue weighted by Gasteiger charge is -2.07. The van der Waals surface area contributed by atoms with Gasteiger partial charge in [0.15, 0.2) is 5.75 Å². The van der Waals surface area contributed by atoms with Crippen molar-refractivity contribution in [1.82, 2.24) is 14.6 Å². The zero-order valence-corrected chi connectivity index (χ0v) is 13.8. The first kappa shape index (κ1) is 16.4. The fourth-order valence-electron chi connectivity index (χ4n) is 2.05. The summed E-state index contributed by atoms with van der Waals surface area (Å²) < 4.78 is 3.82. The van der Waals surface area contributed by atoms with Crippen molar-refractivity contribution in [3.8, 4) is 33.2 Å². The van der Waals surface area contributed by atoms with Crippen molar-refractivity contribution in [2.75, 3.05) is 0 Å². The highest BCUT2D eigenvalue weighted by atomic mass is 35.5. The molecule has 0 amide bonds. The lowest BCUT2D eigenvalue weighted by atomic mass is 10.1. The van der Waals surface area contributed by atoms with E-state index in [4.69, 9.17) is 23.2 Å². The van der Waals surface area contributed by atoms with Gasteiger partial charge in [-0.1, -0.05) is 27.7 Å². The highest BCUT2D eigenvalue weighted by molar-refractivity contribution is 7.10. The zero-order valence-electron chi connectivity index (χ0n) is 11.5. The van der Waals surface area contributed by atoms with Gasteiger partial charge in [0.1, 0.15) is 5.69 Å². The normalized spacial score (nSPS) is 10.8. The molecule has 0 bridgehead atoms. The van der Waals surface area contributed by atoms with E-state index < -0.39 is 22.1 Å². The first-order valence-corrected chi connectivity index (χ1v) is 7.75. The molecule has 2 heterocycles. The Morgan fingerprint density at radius 3 is 2.46 bits per heavy atom. The molecule has 122 valence electrons. The van der Waals surface area contributed by atoms with Gasteiger partial charge in [0, 0.05) is 29.6 Å². The third-order valence-corrected chi connectivity index (χ3v) is 4.42. The molecule has 1 aromatic carbocycles. The highest BCUT2D eigenvalue weighted by Gasteiger charge is 2.24. The number of nitro groups is 1. The van der Waals surface area contributed by atoms with Gasteiger partial charge in [-0.05, 0) is 17.6 Å². The molecule has 0 saturated heterocycles. The molecule has 0 atom stereocenters. The Hall–Kier alpha value is -2.49. The minimum Gasteiger partial charge on any atom is -0.504 e. The molecule has 0 fully saturated rings. The number of hydrogen-bond donors (Lipinski definition) is 2. The fraction of sp³-hybridized carbons (Fsp3) is 0. The highest BCUT2D eigenvalue weighted by Crippen LogP contribution is 2.44. The van der Waals surface area contributed by atoms with E-state index in [1.54, 1.807) is 0 Å². The monoisotopic (exact) mass is 384 g/mol. The van der Waals surface area contributed by atoms with Crippen molar-refractivity contribution in [2.24, 2.45) is 0 Å². The SMILES string of the molecule is O=[N+]([O-])c1cc(-c2nnsc2-c2c(Cl)cncc2Cl)cc(O)c1O. The Morgan fingerprint density at radius 1 is 1.17 bits per heavy atom. The van der Waals surface area contributed by atoms with E-state index in [9.17, 15) is 20.3 Å². The van der Waals surface area contributed by atoms with Gasteiger partial charge in [-0.3, -0.25) is 15.1 Å². The smallest absolute Gasteiger partial charge is 0.315 e. The van der Waals surface area contributed by atoms with E-state index >= 15 is 0 Å². The lowest BCUT2D eigenvalue weighted by molar-refractivity contribution is -0.385. The molecule has 8 nitrogen and oxygen atoms in total. The van der Waals surface area contributed by atoms with Gasteiger partial charge in [0.2, 0.25) is 5.75 Å². The van der Waals surface area contributed by atoms with Gasteiger partial charge in [0.05, 0.1) is 19.8 Å².